The van der Waals surface area contributed by atoms with Crippen LogP contribution >= 0.6 is 15.9 Å². The molecule has 0 saturated carbocycles. The number of benzene rings is 1. The summed E-state index contributed by atoms with van der Waals surface area (Å²) in [5.41, 5.74) is 1.12. The van der Waals surface area contributed by atoms with Gasteiger partial charge in [-0.3, -0.25) is 9.69 Å². The molecule has 4 heteroatoms. The summed E-state index contributed by atoms with van der Waals surface area (Å²) in [6, 6.07) is 8.04. The van der Waals surface area contributed by atoms with Gasteiger partial charge in [0, 0.05) is 17.1 Å². The zero-order valence-electron chi connectivity index (χ0n) is 11.1. The van der Waals surface area contributed by atoms with Crippen molar-refractivity contribution in [2.24, 2.45) is 5.92 Å². The highest BCUT2D eigenvalue weighted by Gasteiger charge is 2.20. The van der Waals surface area contributed by atoms with Gasteiger partial charge in [0.1, 0.15) is 0 Å². The standard InChI is InChI=1S/C14H20BrNO2/c1-10(2)8-16(9-14(17)18)11(3)12-6-4-5-7-13(12)15/h4-7,10-11H,8-9H2,1-3H3,(H,17,18). The van der Waals surface area contributed by atoms with Crippen LogP contribution in [0.3, 0.4) is 0 Å². The number of nitrogens with zero attached hydrogens (tertiary/aromatic N) is 1. The number of hydrogen-bond acceptors (Lipinski definition) is 2. The van der Waals surface area contributed by atoms with Crippen molar-refractivity contribution in [1.82, 2.24) is 4.90 Å². The van der Waals surface area contributed by atoms with Gasteiger partial charge in [0.25, 0.3) is 0 Å². The van der Waals surface area contributed by atoms with Crippen molar-refractivity contribution in [3.8, 4) is 0 Å². The summed E-state index contributed by atoms with van der Waals surface area (Å²) < 4.78 is 1.02. The average molecular weight is 314 g/mol. The first-order valence-corrected chi connectivity index (χ1v) is 6.91. The molecule has 3 nitrogen and oxygen atoms in total. The van der Waals surface area contributed by atoms with E-state index < -0.39 is 5.97 Å². The van der Waals surface area contributed by atoms with E-state index in [1.807, 2.05) is 36.1 Å². The zero-order chi connectivity index (χ0) is 13.7. The van der Waals surface area contributed by atoms with Crippen LogP contribution in [0, 0.1) is 5.92 Å². The summed E-state index contributed by atoms with van der Waals surface area (Å²) >= 11 is 3.52. The third-order valence-corrected chi connectivity index (χ3v) is 3.56. The quantitative estimate of drug-likeness (QED) is 0.873. The number of carbonyl (C=O) groups is 1. The maximum atomic E-state index is 11.0. The molecule has 100 valence electrons. The predicted octanol–water partition coefficient (Wildman–Crippen LogP) is 3.55. The summed E-state index contributed by atoms with van der Waals surface area (Å²) in [7, 11) is 0. The lowest BCUT2D eigenvalue weighted by molar-refractivity contribution is -0.139. The van der Waals surface area contributed by atoms with E-state index in [1.54, 1.807) is 0 Å². The normalized spacial score (nSPS) is 13.0. The number of halogens is 1. The van der Waals surface area contributed by atoms with Gasteiger partial charge in [-0.15, -0.1) is 0 Å². The first-order chi connectivity index (χ1) is 8.41. The molecule has 1 unspecified atom stereocenters. The van der Waals surface area contributed by atoms with E-state index in [0.29, 0.717) is 5.92 Å². The Balaban J connectivity index is 2.90. The van der Waals surface area contributed by atoms with Gasteiger partial charge in [-0.25, -0.2) is 0 Å². The van der Waals surface area contributed by atoms with Crippen LogP contribution in [0.5, 0.6) is 0 Å². The van der Waals surface area contributed by atoms with Crippen LogP contribution in [0.25, 0.3) is 0 Å². The Morgan fingerprint density at radius 1 is 1.33 bits per heavy atom. The Kier molecular flexibility index (Phi) is 5.82. The maximum Gasteiger partial charge on any atom is 0.317 e. The van der Waals surface area contributed by atoms with Crippen LogP contribution in [0.2, 0.25) is 0 Å². The molecule has 0 saturated heterocycles. The lowest BCUT2D eigenvalue weighted by atomic mass is 10.1. The SMILES string of the molecule is CC(C)CN(CC(=O)O)C(C)c1ccccc1Br. The number of rotatable bonds is 6. The van der Waals surface area contributed by atoms with Gasteiger partial charge < -0.3 is 5.11 Å². The highest BCUT2D eigenvalue weighted by Crippen LogP contribution is 2.27. The topological polar surface area (TPSA) is 40.5 Å². The van der Waals surface area contributed by atoms with Crippen molar-refractivity contribution in [2.75, 3.05) is 13.1 Å². The van der Waals surface area contributed by atoms with Crippen molar-refractivity contribution in [2.45, 2.75) is 26.8 Å². The molecule has 0 bridgehead atoms. The highest BCUT2D eigenvalue weighted by atomic mass is 79.9. The molecule has 1 aromatic carbocycles. The summed E-state index contributed by atoms with van der Waals surface area (Å²) in [6.45, 7) is 7.09. The number of aliphatic carboxylic acids is 1. The van der Waals surface area contributed by atoms with Crippen molar-refractivity contribution in [3.63, 3.8) is 0 Å². The van der Waals surface area contributed by atoms with Crippen molar-refractivity contribution in [3.05, 3.63) is 34.3 Å². The van der Waals surface area contributed by atoms with E-state index in [9.17, 15) is 4.79 Å². The molecule has 0 spiro atoms. The van der Waals surface area contributed by atoms with Crippen LogP contribution in [-0.2, 0) is 4.79 Å². The van der Waals surface area contributed by atoms with Crippen LogP contribution in [-0.4, -0.2) is 29.1 Å². The molecule has 0 aliphatic heterocycles. The van der Waals surface area contributed by atoms with E-state index in [-0.39, 0.29) is 12.6 Å². The Morgan fingerprint density at radius 2 is 1.94 bits per heavy atom. The fourth-order valence-electron chi connectivity index (χ4n) is 2.01. The van der Waals surface area contributed by atoms with E-state index in [1.165, 1.54) is 0 Å². The minimum atomic E-state index is -0.783. The van der Waals surface area contributed by atoms with E-state index in [0.717, 1.165) is 16.6 Å². The van der Waals surface area contributed by atoms with E-state index in [4.69, 9.17) is 5.11 Å². The lowest BCUT2D eigenvalue weighted by Gasteiger charge is -2.30. The van der Waals surface area contributed by atoms with E-state index >= 15 is 0 Å². The lowest BCUT2D eigenvalue weighted by Crippen LogP contribution is -2.35. The summed E-state index contributed by atoms with van der Waals surface area (Å²) in [5, 5.41) is 9.01. The van der Waals surface area contributed by atoms with Gasteiger partial charge >= 0.3 is 5.97 Å². The Bertz CT molecular complexity index is 407. The summed E-state index contributed by atoms with van der Waals surface area (Å²) in [4.78, 5) is 13.0. The van der Waals surface area contributed by atoms with Crippen molar-refractivity contribution >= 4 is 21.9 Å². The van der Waals surface area contributed by atoms with Gasteiger partial charge in [0.2, 0.25) is 0 Å². The maximum absolute atomic E-state index is 11.0. The Labute approximate surface area is 117 Å². The molecule has 0 aliphatic carbocycles. The summed E-state index contributed by atoms with van der Waals surface area (Å²) in [5.74, 6) is -0.344. The van der Waals surface area contributed by atoms with Crippen LogP contribution in [0.4, 0.5) is 0 Å². The molecule has 1 atom stereocenters. The van der Waals surface area contributed by atoms with Gasteiger partial charge in [-0.05, 0) is 24.5 Å². The van der Waals surface area contributed by atoms with Crippen LogP contribution in [0.1, 0.15) is 32.4 Å². The second-order valence-corrected chi connectivity index (χ2v) is 5.77. The fourth-order valence-corrected chi connectivity index (χ4v) is 2.63. The highest BCUT2D eigenvalue weighted by molar-refractivity contribution is 9.10. The van der Waals surface area contributed by atoms with Crippen molar-refractivity contribution < 1.29 is 9.90 Å². The number of carboxylic acids is 1. The van der Waals surface area contributed by atoms with Gasteiger partial charge in [0.05, 0.1) is 6.54 Å². The largest absolute Gasteiger partial charge is 0.480 e. The molecule has 1 rings (SSSR count). The summed E-state index contributed by atoms with van der Waals surface area (Å²) in [6.07, 6.45) is 0. The third-order valence-electron chi connectivity index (χ3n) is 2.84. The number of carboxylic acid groups (broad SMARTS) is 1. The minimum absolute atomic E-state index is 0.0701. The molecule has 0 heterocycles. The average Bonchev–Trinajstić information content (AvgIpc) is 2.26. The second-order valence-electron chi connectivity index (χ2n) is 4.91. The molecular formula is C14H20BrNO2. The molecule has 1 N–H and O–H groups in total. The Hall–Kier alpha value is -0.870. The first-order valence-electron chi connectivity index (χ1n) is 6.12. The molecular weight excluding hydrogens is 294 g/mol. The molecule has 1 aromatic rings. The molecule has 18 heavy (non-hydrogen) atoms. The predicted molar refractivity (Wildman–Crippen MR) is 76.6 cm³/mol. The van der Waals surface area contributed by atoms with Crippen molar-refractivity contribution in [1.29, 1.82) is 0 Å². The molecule has 0 aromatic heterocycles. The number of hydrogen-bond donors (Lipinski definition) is 1. The van der Waals surface area contributed by atoms with Gasteiger partial charge in [-0.1, -0.05) is 48.0 Å². The smallest absolute Gasteiger partial charge is 0.317 e. The van der Waals surface area contributed by atoms with E-state index in [2.05, 4.69) is 29.8 Å². The second kappa shape index (κ2) is 6.90. The first kappa shape index (κ1) is 15.2. The monoisotopic (exact) mass is 313 g/mol. The zero-order valence-corrected chi connectivity index (χ0v) is 12.6. The minimum Gasteiger partial charge on any atom is -0.480 e. The van der Waals surface area contributed by atoms with Crippen LogP contribution in [0.15, 0.2) is 28.7 Å². The third kappa shape index (κ3) is 4.42. The molecule has 0 radical (unpaired) electrons. The van der Waals surface area contributed by atoms with Crippen LogP contribution < -0.4 is 0 Å². The molecule has 0 amide bonds. The van der Waals surface area contributed by atoms with Gasteiger partial charge in [0.15, 0.2) is 0 Å². The molecule has 0 aliphatic rings. The Morgan fingerprint density at radius 3 is 2.44 bits per heavy atom. The molecule has 0 fully saturated rings. The fraction of sp³-hybridized carbons (Fsp3) is 0.500. The van der Waals surface area contributed by atoms with Gasteiger partial charge in [-0.2, -0.15) is 0 Å².